The molecule has 81 heavy (non-hydrogen) atoms. The van der Waals surface area contributed by atoms with Crippen LogP contribution < -0.4 is 66.7 Å². The van der Waals surface area contributed by atoms with Crippen LogP contribution in [0.5, 0.6) is 11.5 Å². The van der Waals surface area contributed by atoms with Gasteiger partial charge in [-0.1, -0.05) is 54.6 Å². The first kappa shape index (κ1) is 64.0. The number of guanidine groups is 2. The lowest BCUT2D eigenvalue weighted by atomic mass is 10.0. The summed E-state index contributed by atoms with van der Waals surface area (Å²) in [7, 11) is 1.41. The summed E-state index contributed by atoms with van der Waals surface area (Å²) in [4.78, 5) is 146. The molecular weight excluding hydrogens is 1050 g/mol. The number of nitrogens with one attached hydrogen (secondary N) is 5. The van der Waals surface area contributed by atoms with Gasteiger partial charge in [-0.2, -0.15) is 0 Å². The van der Waals surface area contributed by atoms with Crippen molar-refractivity contribution >= 4 is 71.0 Å². The van der Waals surface area contributed by atoms with E-state index in [2.05, 4.69) is 36.6 Å². The number of amides is 10. The molecule has 1 aliphatic heterocycles. The van der Waals surface area contributed by atoms with Crippen LogP contribution in [0.2, 0.25) is 0 Å². The number of rotatable bonds is 32. The number of likely N-dealkylation sites (tertiary alicyclic amines) is 1. The second kappa shape index (κ2) is 31.8. The topological polar surface area (TPSA) is 485 Å². The third-order valence-electron chi connectivity index (χ3n) is 13.1. The zero-order valence-electron chi connectivity index (χ0n) is 45.0. The molecule has 0 aromatic heterocycles. The fraction of sp³-hybridized carbons (Fsp3) is 0.434. The molecular formula is C53H74N16O12. The van der Waals surface area contributed by atoms with E-state index >= 15 is 0 Å². The Bertz CT molecular complexity index is 2740. The molecule has 3 aromatic carbocycles. The van der Waals surface area contributed by atoms with Crippen molar-refractivity contribution in [2.45, 2.75) is 107 Å². The van der Waals surface area contributed by atoms with Crippen molar-refractivity contribution in [2.24, 2.45) is 56.0 Å². The molecule has 0 bridgehead atoms. The Morgan fingerprint density at radius 3 is 1.64 bits per heavy atom. The van der Waals surface area contributed by atoms with E-state index in [0.717, 1.165) is 0 Å². The van der Waals surface area contributed by atoms with E-state index in [1.807, 2.05) is 0 Å². The number of nitrogens with zero attached hydrogens (tertiary/aromatic N) is 4. The van der Waals surface area contributed by atoms with Crippen molar-refractivity contribution in [1.82, 2.24) is 36.4 Å². The molecule has 1 saturated heterocycles. The molecule has 0 spiro atoms. The van der Waals surface area contributed by atoms with E-state index in [-0.39, 0.29) is 94.5 Å². The minimum absolute atomic E-state index is 0.0181. The van der Waals surface area contributed by atoms with Gasteiger partial charge in [-0.3, -0.25) is 57.9 Å². The van der Waals surface area contributed by atoms with E-state index in [1.165, 1.54) is 41.1 Å². The number of primary amides is 3. The number of nitrogens with two attached hydrogens (primary N) is 7. The highest BCUT2D eigenvalue weighted by molar-refractivity contribution is 5.98. The summed E-state index contributed by atoms with van der Waals surface area (Å²) < 4.78 is 0. The molecule has 4 rings (SSSR count). The Hall–Kier alpha value is -9.50. The highest BCUT2D eigenvalue weighted by Crippen LogP contribution is 2.21. The summed E-state index contributed by atoms with van der Waals surface area (Å²) in [5.41, 5.74) is 39.9. The summed E-state index contributed by atoms with van der Waals surface area (Å²) in [5, 5.41) is 32.6. The lowest BCUT2D eigenvalue weighted by Crippen LogP contribution is -2.60. The maximum Gasteiger partial charge on any atom is 0.245 e. The highest BCUT2D eigenvalue weighted by Gasteiger charge is 2.38. The van der Waals surface area contributed by atoms with Gasteiger partial charge in [-0.15, -0.1) is 0 Å². The van der Waals surface area contributed by atoms with Gasteiger partial charge in [0.15, 0.2) is 11.9 Å². The maximum absolute atomic E-state index is 14.5. The molecule has 10 amide bonds. The van der Waals surface area contributed by atoms with Crippen LogP contribution >= 0.6 is 0 Å². The van der Waals surface area contributed by atoms with Gasteiger partial charge >= 0.3 is 0 Å². The molecule has 28 nitrogen and oxygen atoms in total. The molecule has 0 radical (unpaired) electrons. The standard InChI is InChI=1S/C53H74N16O12/c1-68(44(74)27-32-13-17-35(71)18-14-32)41(26-31-11-15-34(70)16-12-31)50(80)67-39(25-30-7-3-2-4-8-30)48(78)64-37(19-20-42(54)72)47(77)66-40(28-43(55)73)49(79)65-38(10-6-23-62-53(59)60)51(81)69-24-21-33(29-69)46(76)63-36(45(56)75)9-5-22-61-52(57)58/h2-4,7-8,11-18,33,36-41,70-71H,5-6,9-10,19-29H2,1H3,(H2,54,72)(H2,55,73)(H2,56,75)(H,63,76)(H,64,78)(H,65,79)(H,66,77)(H,67,80)(H4,57,58,61)(H4,59,60,62)/t33-,36-,37-,38-,39-,40-,41+/m0/s1. The summed E-state index contributed by atoms with van der Waals surface area (Å²) in [6.07, 6.45) is -1.52. The Morgan fingerprint density at radius 2 is 1.09 bits per heavy atom. The van der Waals surface area contributed by atoms with Gasteiger partial charge in [0.25, 0.3) is 0 Å². The van der Waals surface area contributed by atoms with Gasteiger partial charge in [-0.25, -0.2) is 0 Å². The Morgan fingerprint density at radius 1 is 0.580 bits per heavy atom. The first-order valence-corrected chi connectivity index (χ1v) is 26.0. The van der Waals surface area contributed by atoms with Crippen LogP contribution in [0.1, 0.15) is 68.1 Å². The normalized spacial score (nSPS) is 14.9. The van der Waals surface area contributed by atoms with Crippen LogP contribution in [0, 0.1) is 5.92 Å². The van der Waals surface area contributed by atoms with Gasteiger partial charge in [0.2, 0.25) is 59.1 Å². The number of carbonyl (C=O) groups excluding carboxylic acids is 10. The first-order chi connectivity index (χ1) is 38.4. The summed E-state index contributed by atoms with van der Waals surface area (Å²) in [6.45, 7) is 0.118. The average molecular weight is 1130 g/mol. The fourth-order valence-corrected chi connectivity index (χ4v) is 8.69. The van der Waals surface area contributed by atoms with Crippen molar-refractivity contribution in [3.63, 3.8) is 0 Å². The predicted octanol–water partition coefficient (Wildman–Crippen LogP) is -4.04. The lowest BCUT2D eigenvalue weighted by Gasteiger charge is -2.30. The maximum atomic E-state index is 14.5. The van der Waals surface area contributed by atoms with Gasteiger partial charge < -0.3 is 86.7 Å². The van der Waals surface area contributed by atoms with Crippen molar-refractivity contribution in [3.05, 3.63) is 95.6 Å². The van der Waals surface area contributed by atoms with E-state index in [9.17, 15) is 58.2 Å². The minimum atomic E-state index is -1.79. The van der Waals surface area contributed by atoms with Crippen LogP contribution in [-0.2, 0) is 67.2 Å². The summed E-state index contributed by atoms with van der Waals surface area (Å²) in [5.74, 6) is -9.63. The largest absolute Gasteiger partial charge is 0.508 e. The van der Waals surface area contributed by atoms with Crippen molar-refractivity contribution in [1.29, 1.82) is 0 Å². The summed E-state index contributed by atoms with van der Waals surface area (Å²) in [6, 6.07) is 11.7. The average Bonchev–Trinajstić information content (AvgIpc) is 3.95. The second-order valence-electron chi connectivity index (χ2n) is 19.5. The van der Waals surface area contributed by atoms with E-state index in [4.69, 9.17) is 40.1 Å². The number of aromatic hydroxyl groups is 2. The number of aliphatic imine (C=N–C) groups is 2. The zero-order chi connectivity index (χ0) is 59.8. The monoisotopic (exact) mass is 1130 g/mol. The smallest absolute Gasteiger partial charge is 0.245 e. The number of hydrogen-bond acceptors (Lipinski definition) is 14. The van der Waals surface area contributed by atoms with Crippen LogP contribution in [0.15, 0.2) is 88.8 Å². The first-order valence-electron chi connectivity index (χ1n) is 26.0. The van der Waals surface area contributed by atoms with E-state index in [1.54, 1.807) is 54.6 Å². The zero-order valence-corrected chi connectivity index (χ0v) is 45.0. The van der Waals surface area contributed by atoms with Crippen LogP contribution in [0.25, 0.3) is 0 Å². The number of benzene rings is 3. The SMILES string of the molecule is CN(C(=O)Cc1ccc(O)cc1)[C@H](Cc1ccc(O)cc1)C(=O)N[C@@H](Cc1ccccc1)C(=O)N[C@@H](CCC(N)=O)C(=O)N[C@@H](CC(N)=O)C(=O)N[C@@H](CCCN=C(N)N)C(=O)N1CC[C@H](C(=O)N[C@@H](CCCN=C(N)N)C(N)=O)C1. The Balaban J connectivity index is 1.58. The number of phenols is 2. The quantitative estimate of drug-likeness (QED) is 0.0161. The molecule has 1 fully saturated rings. The van der Waals surface area contributed by atoms with Crippen molar-refractivity contribution < 1.29 is 58.2 Å². The number of hydrogen-bond donors (Lipinski definition) is 14. The lowest BCUT2D eigenvalue weighted by molar-refractivity contribution is -0.140. The molecule has 438 valence electrons. The van der Waals surface area contributed by atoms with Gasteiger partial charge in [0.05, 0.1) is 18.8 Å². The van der Waals surface area contributed by atoms with Crippen molar-refractivity contribution in [3.8, 4) is 11.5 Å². The van der Waals surface area contributed by atoms with Gasteiger partial charge in [0.1, 0.15) is 47.8 Å². The molecule has 0 unspecified atom stereocenters. The molecule has 21 N–H and O–H groups in total. The van der Waals surface area contributed by atoms with E-state index < -0.39 is 121 Å². The van der Waals surface area contributed by atoms with Crippen LogP contribution in [0.3, 0.4) is 0 Å². The fourth-order valence-electron chi connectivity index (χ4n) is 8.69. The van der Waals surface area contributed by atoms with Crippen LogP contribution in [-0.4, -0.2) is 160 Å². The predicted molar refractivity (Wildman–Crippen MR) is 296 cm³/mol. The molecule has 0 aliphatic carbocycles. The highest BCUT2D eigenvalue weighted by atomic mass is 16.3. The van der Waals surface area contributed by atoms with Gasteiger partial charge in [0, 0.05) is 52.5 Å². The molecule has 3 aromatic rings. The number of phenolic OH excluding ortho intramolecular Hbond substituents is 2. The molecule has 28 heteroatoms. The third-order valence-corrected chi connectivity index (χ3v) is 13.1. The summed E-state index contributed by atoms with van der Waals surface area (Å²) >= 11 is 0. The third kappa shape index (κ3) is 22.0. The minimum Gasteiger partial charge on any atom is -0.508 e. The number of carbonyl (C=O) groups is 10. The molecule has 1 aliphatic rings. The molecule has 7 atom stereocenters. The van der Waals surface area contributed by atoms with E-state index in [0.29, 0.717) is 23.1 Å². The second-order valence-corrected chi connectivity index (χ2v) is 19.5. The van der Waals surface area contributed by atoms with Crippen molar-refractivity contribution in [2.75, 3.05) is 33.2 Å². The Kier molecular flexibility index (Phi) is 25.1. The molecule has 1 heterocycles. The number of likely N-dealkylation sites (N-methyl/N-ethyl adjacent to an activating group) is 1. The molecule has 0 saturated carbocycles. The van der Waals surface area contributed by atoms with Crippen LogP contribution in [0.4, 0.5) is 0 Å². The van der Waals surface area contributed by atoms with Gasteiger partial charge in [-0.05, 0) is 79.5 Å². The Labute approximate surface area is 467 Å².